The van der Waals surface area contributed by atoms with Crippen molar-refractivity contribution in [1.29, 1.82) is 0 Å². The molecule has 2 aromatic heterocycles. The number of rotatable bonds is 3. The topological polar surface area (TPSA) is 50.4 Å². The first-order valence-corrected chi connectivity index (χ1v) is 4.60. The highest BCUT2D eigenvalue weighted by atomic mass is 16.3. The van der Waals surface area contributed by atoms with Crippen LogP contribution in [0.3, 0.4) is 0 Å². The van der Waals surface area contributed by atoms with E-state index in [4.69, 9.17) is 4.42 Å². The molecule has 4 heteroatoms. The van der Waals surface area contributed by atoms with Crippen molar-refractivity contribution in [3.8, 4) is 0 Å². The predicted octanol–water partition coefficient (Wildman–Crippen LogP) is 2.43. The average molecular weight is 201 g/mol. The van der Waals surface area contributed by atoms with Crippen LogP contribution in [0.1, 0.15) is 11.5 Å². The maximum absolute atomic E-state index is 5.32. The van der Waals surface area contributed by atoms with E-state index in [1.54, 1.807) is 18.6 Å². The maximum atomic E-state index is 5.32. The minimum absolute atomic E-state index is 0.731. The molecule has 2 aromatic rings. The zero-order chi connectivity index (χ0) is 10.5. The van der Waals surface area contributed by atoms with E-state index in [0.717, 1.165) is 17.2 Å². The molecule has 2 heterocycles. The summed E-state index contributed by atoms with van der Waals surface area (Å²) in [6.07, 6.45) is 5.04. The molecule has 76 valence electrons. The lowest BCUT2D eigenvalue weighted by atomic mass is 10.4. The third-order valence-electron chi connectivity index (χ3n) is 1.83. The number of pyridine rings is 1. The molecular weight excluding hydrogens is 190 g/mol. The van der Waals surface area contributed by atoms with Gasteiger partial charge >= 0.3 is 0 Å². The van der Waals surface area contributed by atoms with Crippen LogP contribution in [-0.2, 0) is 0 Å². The number of aryl methyl sites for hydroxylation is 1. The first-order valence-electron chi connectivity index (χ1n) is 4.60. The molecule has 0 saturated carbocycles. The lowest BCUT2D eigenvalue weighted by molar-refractivity contribution is 0.528. The van der Waals surface area contributed by atoms with E-state index in [1.165, 1.54) is 0 Å². The van der Waals surface area contributed by atoms with Gasteiger partial charge in [-0.25, -0.2) is 0 Å². The number of hydrogen-bond acceptors (Lipinski definition) is 4. The molecule has 0 saturated heterocycles. The van der Waals surface area contributed by atoms with Gasteiger partial charge in [0, 0.05) is 12.4 Å². The van der Waals surface area contributed by atoms with E-state index in [9.17, 15) is 0 Å². The molecule has 0 radical (unpaired) electrons. The van der Waals surface area contributed by atoms with Crippen LogP contribution in [-0.4, -0.2) is 11.2 Å². The lowest BCUT2D eigenvalue weighted by Gasteiger charge is -1.96. The third kappa shape index (κ3) is 2.67. The molecule has 0 aliphatic rings. The fourth-order valence-electron chi connectivity index (χ4n) is 1.12. The predicted molar refractivity (Wildman–Crippen MR) is 58.9 cm³/mol. The Kier molecular flexibility index (Phi) is 2.78. The van der Waals surface area contributed by atoms with Crippen molar-refractivity contribution in [2.75, 3.05) is 5.43 Å². The van der Waals surface area contributed by atoms with Gasteiger partial charge in [-0.3, -0.25) is 10.4 Å². The molecule has 0 fully saturated rings. The van der Waals surface area contributed by atoms with Crippen LogP contribution in [0.5, 0.6) is 0 Å². The maximum Gasteiger partial charge on any atom is 0.147 e. The van der Waals surface area contributed by atoms with Crippen LogP contribution in [0.2, 0.25) is 0 Å². The van der Waals surface area contributed by atoms with Crippen molar-refractivity contribution in [3.63, 3.8) is 0 Å². The SMILES string of the molecule is Cc1ccc(/C=N/Nc2ccncc2)o1. The first kappa shape index (κ1) is 9.45. The average Bonchev–Trinajstić information content (AvgIpc) is 2.66. The molecule has 0 bridgehead atoms. The molecule has 0 aliphatic heterocycles. The van der Waals surface area contributed by atoms with Crippen LogP contribution in [0.15, 0.2) is 46.2 Å². The lowest BCUT2D eigenvalue weighted by Crippen LogP contribution is -1.89. The summed E-state index contributed by atoms with van der Waals surface area (Å²) in [5.41, 5.74) is 3.76. The molecule has 0 aliphatic carbocycles. The van der Waals surface area contributed by atoms with Crippen molar-refractivity contribution in [3.05, 3.63) is 48.2 Å². The summed E-state index contributed by atoms with van der Waals surface area (Å²) in [4.78, 5) is 3.90. The Morgan fingerprint density at radius 1 is 1.27 bits per heavy atom. The monoisotopic (exact) mass is 201 g/mol. The molecule has 4 nitrogen and oxygen atoms in total. The Hall–Kier alpha value is -2.10. The smallest absolute Gasteiger partial charge is 0.147 e. The minimum Gasteiger partial charge on any atom is -0.460 e. The van der Waals surface area contributed by atoms with E-state index < -0.39 is 0 Å². The summed E-state index contributed by atoms with van der Waals surface area (Å²) in [5.74, 6) is 1.61. The summed E-state index contributed by atoms with van der Waals surface area (Å²) in [7, 11) is 0. The van der Waals surface area contributed by atoms with Crippen molar-refractivity contribution in [1.82, 2.24) is 4.98 Å². The van der Waals surface area contributed by atoms with Gasteiger partial charge < -0.3 is 4.42 Å². The van der Waals surface area contributed by atoms with Gasteiger partial charge in [0.15, 0.2) is 0 Å². The van der Waals surface area contributed by atoms with Gasteiger partial charge in [0.25, 0.3) is 0 Å². The number of aromatic nitrogens is 1. The number of nitrogens with one attached hydrogen (secondary N) is 1. The van der Waals surface area contributed by atoms with Crippen molar-refractivity contribution in [2.24, 2.45) is 5.10 Å². The number of hydrogen-bond donors (Lipinski definition) is 1. The molecular formula is C11H11N3O. The molecule has 2 rings (SSSR count). The summed E-state index contributed by atoms with van der Waals surface area (Å²) < 4.78 is 5.32. The molecule has 0 atom stereocenters. The largest absolute Gasteiger partial charge is 0.460 e. The quantitative estimate of drug-likeness (QED) is 0.613. The Morgan fingerprint density at radius 2 is 2.07 bits per heavy atom. The molecule has 0 aromatic carbocycles. The van der Waals surface area contributed by atoms with E-state index in [-0.39, 0.29) is 0 Å². The van der Waals surface area contributed by atoms with Crippen molar-refractivity contribution in [2.45, 2.75) is 6.92 Å². The Labute approximate surface area is 87.6 Å². The minimum atomic E-state index is 0.731. The van der Waals surface area contributed by atoms with Crippen LogP contribution < -0.4 is 5.43 Å². The normalized spacial score (nSPS) is 10.7. The fraction of sp³-hybridized carbons (Fsp3) is 0.0909. The highest BCUT2D eigenvalue weighted by Crippen LogP contribution is 2.05. The summed E-state index contributed by atoms with van der Waals surface area (Å²) >= 11 is 0. The van der Waals surface area contributed by atoms with Gasteiger partial charge in [-0.1, -0.05) is 0 Å². The highest BCUT2D eigenvalue weighted by Gasteiger charge is 1.92. The van der Waals surface area contributed by atoms with Crippen LogP contribution in [0.25, 0.3) is 0 Å². The number of anilines is 1. The molecule has 0 spiro atoms. The van der Waals surface area contributed by atoms with Crippen molar-refractivity contribution >= 4 is 11.9 Å². The Balaban J connectivity index is 1.96. The fourth-order valence-corrected chi connectivity index (χ4v) is 1.12. The standard InChI is InChI=1S/C11H11N3O/c1-9-2-3-11(15-9)8-13-14-10-4-6-12-7-5-10/h2-8H,1H3,(H,12,14)/b13-8+. The van der Waals surface area contributed by atoms with E-state index in [1.807, 2.05) is 31.2 Å². The van der Waals surface area contributed by atoms with Gasteiger partial charge in [0.2, 0.25) is 0 Å². The number of nitrogens with zero attached hydrogens (tertiary/aromatic N) is 2. The molecule has 0 amide bonds. The second kappa shape index (κ2) is 4.41. The number of furan rings is 1. The summed E-state index contributed by atoms with van der Waals surface area (Å²) in [5, 5.41) is 4.03. The van der Waals surface area contributed by atoms with E-state index >= 15 is 0 Å². The molecule has 0 unspecified atom stereocenters. The van der Waals surface area contributed by atoms with E-state index in [0.29, 0.717) is 0 Å². The Bertz CT molecular complexity index is 448. The molecule has 1 N–H and O–H groups in total. The first-order chi connectivity index (χ1) is 7.34. The zero-order valence-electron chi connectivity index (χ0n) is 8.34. The van der Waals surface area contributed by atoms with Crippen LogP contribution >= 0.6 is 0 Å². The molecule has 15 heavy (non-hydrogen) atoms. The van der Waals surface area contributed by atoms with Gasteiger partial charge in [0.1, 0.15) is 11.5 Å². The second-order valence-electron chi connectivity index (χ2n) is 3.05. The van der Waals surface area contributed by atoms with Crippen LogP contribution in [0, 0.1) is 6.92 Å². The summed E-state index contributed by atoms with van der Waals surface area (Å²) in [6.45, 7) is 1.90. The van der Waals surface area contributed by atoms with E-state index in [2.05, 4.69) is 15.5 Å². The van der Waals surface area contributed by atoms with Crippen LogP contribution in [0.4, 0.5) is 5.69 Å². The Morgan fingerprint density at radius 3 is 2.73 bits per heavy atom. The highest BCUT2D eigenvalue weighted by molar-refractivity contribution is 5.76. The summed E-state index contributed by atoms with van der Waals surface area (Å²) in [6, 6.07) is 7.44. The van der Waals surface area contributed by atoms with Gasteiger partial charge in [0.05, 0.1) is 11.9 Å². The van der Waals surface area contributed by atoms with Crippen molar-refractivity contribution < 1.29 is 4.42 Å². The number of hydrazone groups is 1. The van der Waals surface area contributed by atoms with Gasteiger partial charge in [-0.05, 0) is 31.2 Å². The van der Waals surface area contributed by atoms with Gasteiger partial charge in [-0.2, -0.15) is 5.10 Å². The zero-order valence-corrected chi connectivity index (χ0v) is 8.34. The third-order valence-corrected chi connectivity index (χ3v) is 1.83. The van der Waals surface area contributed by atoms with Gasteiger partial charge in [-0.15, -0.1) is 0 Å². The second-order valence-corrected chi connectivity index (χ2v) is 3.05.